The molecule has 9 heteroatoms. The number of H-pyrrole nitrogens is 1. The van der Waals surface area contributed by atoms with E-state index in [9.17, 15) is 14.4 Å². The number of carbonyl (C=O) groups is 2. The van der Waals surface area contributed by atoms with E-state index in [4.69, 9.17) is 4.42 Å². The number of amides is 2. The lowest BCUT2D eigenvalue weighted by Gasteiger charge is -2.31. The van der Waals surface area contributed by atoms with Crippen LogP contribution in [0.15, 0.2) is 52.0 Å². The van der Waals surface area contributed by atoms with Gasteiger partial charge in [-0.2, -0.15) is 5.10 Å². The molecule has 0 bridgehead atoms. The standard InChI is InChI=1S/C21H23N5O4/c1-25-8-2-5-16(20(25)28)21(29)26-9-6-14(7-10-26)17-12-18(24-23-17)19(27)22-13-15-4-3-11-30-15/h2-5,8,11-12,14H,6-7,9-10,13H2,1H3,(H,22,27)(H,23,24). The van der Waals surface area contributed by atoms with Crippen molar-refractivity contribution in [1.82, 2.24) is 25.0 Å². The van der Waals surface area contributed by atoms with Crippen molar-refractivity contribution in [2.24, 2.45) is 7.05 Å². The summed E-state index contributed by atoms with van der Waals surface area (Å²) in [7, 11) is 1.63. The number of hydrogen-bond donors (Lipinski definition) is 2. The zero-order valence-corrected chi connectivity index (χ0v) is 16.6. The summed E-state index contributed by atoms with van der Waals surface area (Å²) in [6.45, 7) is 1.38. The van der Waals surface area contributed by atoms with Crippen LogP contribution in [0.3, 0.4) is 0 Å². The number of piperidine rings is 1. The summed E-state index contributed by atoms with van der Waals surface area (Å²) in [6, 6.07) is 8.58. The molecular formula is C21H23N5O4. The molecule has 30 heavy (non-hydrogen) atoms. The zero-order chi connectivity index (χ0) is 21.1. The fourth-order valence-electron chi connectivity index (χ4n) is 3.66. The monoisotopic (exact) mass is 409 g/mol. The van der Waals surface area contributed by atoms with Gasteiger partial charge >= 0.3 is 0 Å². The van der Waals surface area contributed by atoms with Gasteiger partial charge in [0, 0.05) is 37.9 Å². The van der Waals surface area contributed by atoms with Crippen molar-refractivity contribution >= 4 is 11.8 Å². The molecule has 1 aliphatic heterocycles. The number of aromatic nitrogens is 3. The number of likely N-dealkylation sites (tertiary alicyclic amines) is 1. The highest BCUT2D eigenvalue weighted by molar-refractivity contribution is 5.94. The first-order valence-electron chi connectivity index (χ1n) is 9.83. The molecule has 156 valence electrons. The Kier molecular flexibility index (Phi) is 5.51. The molecule has 1 aliphatic rings. The summed E-state index contributed by atoms with van der Waals surface area (Å²) in [6.07, 6.45) is 4.65. The summed E-state index contributed by atoms with van der Waals surface area (Å²) in [5.41, 5.74) is 1.10. The van der Waals surface area contributed by atoms with Crippen LogP contribution >= 0.6 is 0 Å². The average molecular weight is 409 g/mol. The molecule has 0 radical (unpaired) electrons. The van der Waals surface area contributed by atoms with Crippen LogP contribution in [0.25, 0.3) is 0 Å². The lowest BCUT2D eigenvalue weighted by molar-refractivity contribution is 0.0709. The van der Waals surface area contributed by atoms with E-state index in [0.29, 0.717) is 31.1 Å². The Hall–Kier alpha value is -3.62. The fraction of sp³-hybridized carbons (Fsp3) is 0.333. The van der Waals surface area contributed by atoms with Gasteiger partial charge in [-0.3, -0.25) is 19.5 Å². The third-order valence-electron chi connectivity index (χ3n) is 5.41. The molecular weight excluding hydrogens is 386 g/mol. The Morgan fingerprint density at radius 1 is 1.27 bits per heavy atom. The summed E-state index contributed by atoms with van der Waals surface area (Å²) in [5.74, 6) is 0.329. The van der Waals surface area contributed by atoms with Crippen LogP contribution in [-0.4, -0.2) is 44.6 Å². The topological polar surface area (TPSA) is 113 Å². The Morgan fingerprint density at radius 2 is 2.07 bits per heavy atom. The van der Waals surface area contributed by atoms with Crippen LogP contribution in [-0.2, 0) is 13.6 Å². The quantitative estimate of drug-likeness (QED) is 0.665. The van der Waals surface area contributed by atoms with Gasteiger partial charge in [0.05, 0.1) is 12.8 Å². The lowest BCUT2D eigenvalue weighted by Crippen LogP contribution is -2.40. The predicted molar refractivity (Wildman–Crippen MR) is 108 cm³/mol. The Morgan fingerprint density at radius 3 is 2.80 bits per heavy atom. The van der Waals surface area contributed by atoms with Crippen molar-refractivity contribution < 1.29 is 14.0 Å². The van der Waals surface area contributed by atoms with E-state index in [-0.39, 0.29) is 28.9 Å². The first-order valence-corrected chi connectivity index (χ1v) is 9.83. The Balaban J connectivity index is 1.34. The summed E-state index contributed by atoms with van der Waals surface area (Å²) >= 11 is 0. The minimum Gasteiger partial charge on any atom is -0.467 e. The van der Waals surface area contributed by atoms with Crippen LogP contribution in [0.1, 0.15) is 51.1 Å². The number of pyridine rings is 1. The molecule has 4 heterocycles. The summed E-state index contributed by atoms with van der Waals surface area (Å²) in [5, 5.41) is 9.84. The largest absolute Gasteiger partial charge is 0.467 e. The maximum atomic E-state index is 12.7. The first-order chi connectivity index (χ1) is 14.5. The SMILES string of the molecule is Cn1cccc(C(=O)N2CCC(c3cc(C(=O)NCc4ccco4)n[nH]3)CC2)c1=O. The maximum absolute atomic E-state index is 12.7. The molecule has 9 nitrogen and oxygen atoms in total. The molecule has 0 unspecified atom stereocenters. The van der Waals surface area contributed by atoms with Gasteiger partial charge in [0.2, 0.25) is 0 Å². The Labute approximate surface area is 172 Å². The van der Waals surface area contributed by atoms with Gasteiger partial charge in [-0.25, -0.2) is 0 Å². The molecule has 0 aliphatic carbocycles. The number of furan rings is 1. The summed E-state index contributed by atoms with van der Waals surface area (Å²) in [4.78, 5) is 38.9. The van der Waals surface area contributed by atoms with Crippen molar-refractivity contribution in [2.45, 2.75) is 25.3 Å². The van der Waals surface area contributed by atoms with E-state index in [1.54, 1.807) is 54.7 Å². The van der Waals surface area contributed by atoms with E-state index in [1.165, 1.54) is 4.57 Å². The van der Waals surface area contributed by atoms with Crippen molar-refractivity contribution in [2.75, 3.05) is 13.1 Å². The number of aryl methyl sites for hydroxylation is 1. The molecule has 3 aromatic rings. The highest BCUT2D eigenvalue weighted by Crippen LogP contribution is 2.27. The van der Waals surface area contributed by atoms with Crippen molar-refractivity contribution in [3.05, 3.63) is 75.9 Å². The van der Waals surface area contributed by atoms with Crippen molar-refractivity contribution in [3.63, 3.8) is 0 Å². The van der Waals surface area contributed by atoms with Gasteiger partial charge in [-0.15, -0.1) is 0 Å². The van der Waals surface area contributed by atoms with E-state index in [1.807, 2.05) is 0 Å². The molecule has 1 fully saturated rings. The molecule has 0 atom stereocenters. The zero-order valence-electron chi connectivity index (χ0n) is 16.6. The molecule has 3 aromatic heterocycles. The second-order valence-corrected chi connectivity index (χ2v) is 7.37. The van der Waals surface area contributed by atoms with Crippen LogP contribution < -0.4 is 10.9 Å². The van der Waals surface area contributed by atoms with Crippen molar-refractivity contribution in [1.29, 1.82) is 0 Å². The smallest absolute Gasteiger partial charge is 0.272 e. The number of carbonyl (C=O) groups excluding carboxylic acids is 2. The number of aromatic amines is 1. The molecule has 2 amide bonds. The maximum Gasteiger partial charge on any atom is 0.272 e. The van der Waals surface area contributed by atoms with Gasteiger partial charge in [-0.05, 0) is 43.2 Å². The number of nitrogens with one attached hydrogen (secondary N) is 2. The molecule has 1 saturated heterocycles. The normalized spacial score (nSPS) is 14.6. The number of nitrogens with zero attached hydrogens (tertiary/aromatic N) is 3. The minimum absolute atomic E-state index is 0.173. The second kappa shape index (κ2) is 8.40. The van der Waals surface area contributed by atoms with Crippen molar-refractivity contribution in [3.8, 4) is 0 Å². The van der Waals surface area contributed by atoms with Gasteiger partial charge < -0.3 is 19.2 Å². The van der Waals surface area contributed by atoms with E-state index < -0.39 is 0 Å². The first kappa shape index (κ1) is 19.7. The van der Waals surface area contributed by atoms with Crippen LogP contribution in [0.2, 0.25) is 0 Å². The van der Waals surface area contributed by atoms with E-state index >= 15 is 0 Å². The number of hydrogen-bond acceptors (Lipinski definition) is 5. The van der Waals surface area contributed by atoms with Gasteiger partial charge in [0.1, 0.15) is 17.0 Å². The fourth-order valence-corrected chi connectivity index (χ4v) is 3.66. The third-order valence-corrected chi connectivity index (χ3v) is 5.41. The van der Waals surface area contributed by atoms with Gasteiger partial charge in [0.15, 0.2) is 0 Å². The summed E-state index contributed by atoms with van der Waals surface area (Å²) < 4.78 is 6.61. The molecule has 4 rings (SSSR count). The minimum atomic E-state index is -0.289. The highest BCUT2D eigenvalue weighted by atomic mass is 16.3. The van der Waals surface area contributed by atoms with Crippen LogP contribution in [0, 0.1) is 0 Å². The Bertz CT molecular complexity index is 1090. The predicted octanol–water partition coefficient (Wildman–Crippen LogP) is 1.65. The number of rotatable bonds is 5. The molecule has 0 saturated carbocycles. The lowest BCUT2D eigenvalue weighted by atomic mass is 9.93. The molecule has 2 N–H and O–H groups in total. The third kappa shape index (κ3) is 4.05. The van der Waals surface area contributed by atoms with Crippen LogP contribution in [0.4, 0.5) is 0 Å². The van der Waals surface area contributed by atoms with E-state index in [0.717, 1.165) is 18.5 Å². The highest BCUT2D eigenvalue weighted by Gasteiger charge is 2.27. The molecule has 0 aromatic carbocycles. The van der Waals surface area contributed by atoms with Gasteiger partial charge in [0.25, 0.3) is 17.4 Å². The second-order valence-electron chi connectivity index (χ2n) is 7.37. The van der Waals surface area contributed by atoms with Gasteiger partial charge in [-0.1, -0.05) is 0 Å². The molecule has 0 spiro atoms. The van der Waals surface area contributed by atoms with E-state index in [2.05, 4.69) is 15.5 Å². The average Bonchev–Trinajstić information content (AvgIpc) is 3.46. The van der Waals surface area contributed by atoms with Crippen LogP contribution in [0.5, 0.6) is 0 Å².